The van der Waals surface area contributed by atoms with Gasteiger partial charge in [-0.1, -0.05) is 11.6 Å². The molecule has 8 heteroatoms. The molecule has 3 aromatic rings. The lowest BCUT2D eigenvalue weighted by Gasteiger charge is -2.27. The first-order valence-electron chi connectivity index (χ1n) is 9.43. The lowest BCUT2D eigenvalue weighted by atomic mass is 9.82. The van der Waals surface area contributed by atoms with Gasteiger partial charge in [-0.3, -0.25) is 4.57 Å². The van der Waals surface area contributed by atoms with E-state index in [-0.39, 0.29) is 0 Å². The average Bonchev–Trinajstić information content (AvgIpc) is 3.25. The first-order chi connectivity index (χ1) is 13.2. The molecular formula is C19H21ClN6S. The lowest BCUT2D eigenvalue weighted by Crippen LogP contribution is -2.16. The maximum absolute atomic E-state index is 6.22. The normalized spacial score (nSPS) is 22.1. The van der Waals surface area contributed by atoms with Gasteiger partial charge in [0.05, 0.1) is 12.2 Å². The van der Waals surface area contributed by atoms with E-state index in [1.54, 1.807) is 11.5 Å². The van der Waals surface area contributed by atoms with Gasteiger partial charge >= 0.3 is 0 Å². The Kier molecular flexibility index (Phi) is 4.46. The van der Waals surface area contributed by atoms with Crippen molar-refractivity contribution in [2.45, 2.75) is 57.5 Å². The standard InChI is InChI=1S/C19H21ClN6S/c1-11-22-19(27-25-11)13-4-2-12(3-5-13)18-24-23-17-10-21-9-14-8-15(20)6-7-16(14)26(17)18/h6-8,12-13,21H,2-5,9-10H2,1H3/t12-,13-. The van der Waals surface area contributed by atoms with Crippen LogP contribution in [-0.2, 0) is 13.1 Å². The molecule has 1 fully saturated rings. The number of fused-ring (bicyclic) bond motifs is 3. The van der Waals surface area contributed by atoms with Crippen LogP contribution in [-0.4, -0.2) is 24.1 Å². The van der Waals surface area contributed by atoms with Crippen molar-refractivity contribution in [3.63, 3.8) is 0 Å². The van der Waals surface area contributed by atoms with Crippen LogP contribution >= 0.6 is 23.1 Å². The average molecular weight is 401 g/mol. The highest BCUT2D eigenvalue weighted by Gasteiger charge is 2.30. The molecule has 0 radical (unpaired) electrons. The molecule has 1 N–H and O–H groups in total. The van der Waals surface area contributed by atoms with Crippen LogP contribution in [0.5, 0.6) is 0 Å². The highest BCUT2D eigenvalue weighted by molar-refractivity contribution is 7.05. The van der Waals surface area contributed by atoms with E-state index in [1.165, 1.54) is 10.6 Å². The van der Waals surface area contributed by atoms with Crippen LogP contribution in [0.25, 0.3) is 5.69 Å². The van der Waals surface area contributed by atoms with Crippen LogP contribution in [0.2, 0.25) is 5.02 Å². The summed E-state index contributed by atoms with van der Waals surface area (Å²) in [6.45, 7) is 3.48. The van der Waals surface area contributed by atoms with Gasteiger partial charge in [0, 0.05) is 23.4 Å². The molecule has 5 rings (SSSR count). The van der Waals surface area contributed by atoms with Crippen molar-refractivity contribution in [1.82, 2.24) is 29.4 Å². The van der Waals surface area contributed by atoms with Crippen LogP contribution in [0.1, 0.15) is 65.6 Å². The van der Waals surface area contributed by atoms with Gasteiger partial charge in [0.1, 0.15) is 16.7 Å². The molecular weight excluding hydrogens is 380 g/mol. The van der Waals surface area contributed by atoms with E-state index in [2.05, 4.69) is 35.5 Å². The zero-order chi connectivity index (χ0) is 18.4. The summed E-state index contributed by atoms with van der Waals surface area (Å²) >= 11 is 7.77. The summed E-state index contributed by atoms with van der Waals surface area (Å²) in [6, 6.07) is 6.09. The van der Waals surface area contributed by atoms with Gasteiger partial charge in [-0.15, -0.1) is 10.2 Å². The Labute approximate surface area is 167 Å². The number of benzene rings is 1. The van der Waals surface area contributed by atoms with E-state index in [0.717, 1.165) is 67.0 Å². The third-order valence-corrected chi connectivity index (χ3v) is 6.82. The summed E-state index contributed by atoms with van der Waals surface area (Å²) in [7, 11) is 0. The van der Waals surface area contributed by atoms with E-state index >= 15 is 0 Å². The Balaban J connectivity index is 1.43. The third-order valence-electron chi connectivity index (χ3n) is 5.62. The number of nitrogens with zero attached hydrogens (tertiary/aromatic N) is 5. The van der Waals surface area contributed by atoms with Crippen LogP contribution < -0.4 is 5.32 Å². The molecule has 1 aliphatic heterocycles. The summed E-state index contributed by atoms with van der Waals surface area (Å²) in [5.74, 6) is 3.92. The first kappa shape index (κ1) is 17.3. The van der Waals surface area contributed by atoms with Gasteiger partial charge in [0.15, 0.2) is 5.82 Å². The van der Waals surface area contributed by atoms with Crippen LogP contribution in [0, 0.1) is 6.92 Å². The number of rotatable bonds is 2. The minimum atomic E-state index is 0.429. The molecule has 0 bridgehead atoms. The van der Waals surface area contributed by atoms with E-state index < -0.39 is 0 Å². The predicted octanol–water partition coefficient (Wildman–Crippen LogP) is 4.13. The van der Waals surface area contributed by atoms with Crippen molar-refractivity contribution in [3.8, 4) is 5.69 Å². The molecule has 1 aliphatic carbocycles. The SMILES string of the molecule is Cc1nsc([C@H]2CC[C@H](c3nnc4n3-c3ccc(Cl)cc3CNC4)CC2)n1. The molecule has 6 nitrogen and oxygen atoms in total. The predicted molar refractivity (Wildman–Crippen MR) is 106 cm³/mol. The molecule has 0 unspecified atom stereocenters. The Bertz CT molecular complexity index is 972. The molecule has 0 amide bonds. The van der Waals surface area contributed by atoms with E-state index in [9.17, 15) is 0 Å². The van der Waals surface area contributed by atoms with Crippen molar-refractivity contribution in [2.24, 2.45) is 0 Å². The van der Waals surface area contributed by atoms with Gasteiger partial charge in [-0.05, 0) is 67.9 Å². The smallest absolute Gasteiger partial charge is 0.151 e. The van der Waals surface area contributed by atoms with Crippen LogP contribution in [0.4, 0.5) is 0 Å². The van der Waals surface area contributed by atoms with Crippen molar-refractivity contribution in [1.29, 1.82) is 0 Å². The zero-order valence-corrected chi connectivity index (χ0v) is 16.7. The fourth-order valence-electron chi connectivity index (χ4n) is 4.27. The second-order valence-electron chi connectivity index (χ2n) is 7.41. The molecule has 0 atom stereocenters. The third kappa shape index (κ3) is 3.17. The van der Waals surface area contributed by atoms with Crippen LogP contribution in [0.15, 0.2) is 18.2 Å². The lowest BCUT2D eigenvalue weighted by molar-refractivity contribution is 0.381. The first-order valence-corrected chi connectivity index (χ1v) is 10.6. The Morgan fingerprint density at radius 3 is 2.70 bits per heavy atom. The van der Waals surface area contributed by atoms with Crippen LogP contribution in [0.3, 0.4) is 0 Å². The summed E-state index contributed by atoms with van der Waals surface area (Å²) in [6.07, 6.45) is 4.48. The van der Waals surface area contributed by atoms with Gasteiger partial charge in [0.2, 0.25) is 0 Å². The Hall–Kier alpha value is -1.83. The molecule has 1 aromatic carbocycles. The molecule has 2 aromatic heterocycles. The van der Waals surface area contributed by atoms with Gasteiger partial charge in [-0.25, -0.2) is 4.98 Å². The quantitative estimate of drug-likeness (QED) is 0.700. The number of aryl methyl sites for hydroxylation is 1. The van der Waals surface area contributed by atoms with Gasteiger partial charge < -0.3 is 5.32 Å². The topological polar surface area (TPSA) is 68.5 Å². The monoisotopic (exact) mass is 400 g/mol. The molecule has 0 saturated heterocycles. The maximum atomic E-state index is 6.22. The van der Waals surface area contributed by atoms with Crippen molar-refractivity contribution in [2.75, 3.05) is 0 Å². The fourth-order valence-corrected chi connectivity index (χ4v) is 5.29. The summed E-state index contributed by atoms with van der Waals surface area (Å²) in [4.78, 5) is 4.60. The minimum absolute atomic E-state index is 0.429. The van der Waals surface area contributed by atoms with Crippen molar-refractivity contribution in [3.05, 3.63) is 51.3 Å². The van der Waals surface area contributed by atoms with E-state index in [1.807, 2.05) is 19.1 Å². The molecule has 0 spiro atoms. The molecule has 140 valence electrons. The molecule has 1 saturated carbocycles. The summed E-state index contributed by atoms with van der Waals surface area (Å²) < 4.78 is 6.60. The van der Waals surface area contributed by atoms with Gasteiger partial charge in [-0.2, -0.15) is 4.37 Å². The fraction of sp³-hybridized carbons (Fsp3) is 0.474. The Morgan fingerprint density at radius 2 is 1.93 bits per heavy atom. The van der Waals surface area contributed by atoms with E-state index in [4.69, 9.17) is 11.6 Å². The highest BCUT2D eigenvalue weighted by atomic mass is 35.5. The van der Waals surface area contributed by atoms with E-state index in [0.29, 0.717) is 11.8 Å². The Morgan fingerprint density at radius 1 is 1.11 bits per heavy atom. The summed E-state index contributed by atoms with van der Waals surface area (Å²) in [5, 5.41) is 14.5. The maximum Gasteiger partial charge on any atom is 0.151 e. The second kappa shape index (κ2) is 6.96. The minimum Gasteiger partial charge on any atom is -0.306 e. The number of halogens is 1. The highest BCUT2D eigenvalue weighted by Crippen LogP contribution is 2.41. The van der Waals surface area contributed by atoms with Crippen molar-refractivity contribution >= 4 is 23.1 Å². The number of hydrogen-bond donors (Lipinski definition) is 1. The molecule has 2 aliphatic rings. The molecule has 3 heterocycles. The molecule has 27 heavy (non-hydrogen) atoms. The number of hydrogen-bond acceptors (Lipinski definition) is 6. The second-order valence-corrected chi connectivity index (χ2v) is 8.63. The largest absolute Gasteiger partial charge is 0.306 e. The van der Waals surface area contributed by atoms with Gasteiger partial charge in [0.25, 0.3) is 0 Å². The number of nitrogens with one attached hydrogen (secondary N) is 1. The number of aromatic nitrogens is 5. The van der Waals surface area contributed by atoms with Crippen molar-refractivity contribution < 1.29 is 0 Å². The summed E-state index contributed by atoms with van der Waals surface area (Å²) in [5.41, 5.74) is 2.35. The zero-order valence-electron chi connectivity index (χ0n) is 15.2.